The van der Waals surface area contributed by atoms with E-state index in [1.165, 1.54) is 16.7 Å². The van der Waals surface area contributed by atoms with Crippen LogP contribution in [0.2, 0.25) is 0 Å². The largest absolute Gasteiger partial charge is 0.347 e. The van der Waals surface area contributed by atoms with Crippen molar-refractivity contribution in [1.82, 2.24) is 14.8 Å². The number of nitrogens with one attached hydrogen (secondary N) is 1. The minimum atomic E-state index is -0.0324. The monoisotopic (exact) mass is 328 g/mol. The van der Waals surface area contributed by atoms with E-state index < -0.39 is 0 Å². The first-order valence-corrected chi connectivity index (χ1v) is 8.59. The number of anilines is 1. The van der Waals surface area contributed by atoms with Crippen molar-refractivity contribution in [2.45, 2.75) is 33.2 Å². The summed E-state index contributed by atoms with van der Waals surface area (Å²) >= 11 is 1.45. The van der Waals surface area contributed by atoms with Gasteiger partial charge < -0.3 is 9.88 Å². The molecular weight excluding hydrogens is 308 g/mol. The summed E-state index contributed by atoms with van der Waals surface area (Å²) in [5.74, 6) is 0.503. The Kier molecular flexibility index (Phi) is 4.71. The van der Waals surface area contributed by atoms with Crippen molar-refractivity contribution < 1.29 is 4.79 Å². The molecule has 0 fully saturated rings. The molecular formula is C17H20N4OS. The Balaban J connectivity index is 1.56. The zero-order valence-corrected chi connectivity index (χ0v) is 14.1. The molecule has 120 valence electrons. The Hall–Kier alpha value is -2.21. The summed E-state index contributed by atoms with van der Waals surface area (Å²) in [6.45, 7) is 4.93. The highest BCUT2D eigenvalue weighted by Gasteiger charge is 2.10. The van der Waals surface area contributed by atoms with Crippen LogP contribution in [0.25, 0.3) is 10.9 Å². The van der Waals surface area contributed by atoms with E-state index in [0.717, 1.165) is 16.9 Å². The summed E-state index contributed by atoms with van der Waals surface area (Å²) < 4.78 is 2.10. The van der Waals surface area contributed by atoms with Crippen molar-refractivity contribution in [2.24, 2.45) is 5.92 Å². The molecule has 1 amide bonds. The highest BCUT2D eigenvalue weighted by molar-refractivity contribution is 7.15. The van der Waals surface area contributed by atoms with Gasteiger partial charge in [-0.3, -0.25) is 4.79 Å². The van der Waals surface area contributed by atoms with Gasteiger partial charge in [0.15, 0.2) is 0 Å². The van der Waals surface area contributed by atoms with E-state index in [1.807, 2.05) is 18.3 Å². The second-order valence-electron chi connectivity index (χ2n) is 5.97. The molecule has 3 aromatic rings. The van der Waals surface area contributed by atoms with Crippen LogP contribution in [0.1, 0.15) is 25.3 Å². The van der Waals surface area contributed by atoms with Crippen molar-refractivity contribution in [2.75, 3.05) is 5.32 Å². The highest BCUT2D eigenvalue weighted by Crippen LogP contribution is 2.19. The molecule has 0 saturated carbocycles. The SMILES string of the molecule is CC(C)Cc1nnc(NC(=O)CCn2ccc3ccccc32)s1. The van der Waals surface area contributed by atoms with Gasteiger partial charge in [0.1, 0.15) is 5.01 Å². The van der Waals surface area contributed by atoms with E-state index in [0.29, 0.717) is 24.0 Å². The number of benzene rings is 1. The number of amides is 1. The summed E-state index contributed by atoms with van der Waals surface area (Å²) in [6, 6.07) is 10.2. The van der Waals surface area contributed by atoms with Gasteiger partial charge in [0.25, 0.3) is 0 Å². The maximum Gasteiger partial charge on any atom is 0.227 e. The number of rotatable bonds is 6. The second kappa shape index (κ2) is 6.91. The lowest BCUT2D eigenvalue weighted by Gasteiger charge is -2.05. The summed E-state index contributed by atoms with van der Waals surface area (Å²) in [6.07, 6.45) is 3.32. The van der Waals surface area contributed by atoms with Gasteiger partial charge in [-0.15, -0.1) is 10.2 Å². The Labute approximate surface area is 139 Å². The molecule has 0 unspecified atom stereocenters. The molecule has 2 heterocycles. The molecule has 23 heavy (non-hydrogen) atoms. The standard InChI is InChI=1S/C17H20N4OS/c1-12(2)11-16-19-20-17(23-16)18-15(22)8-10-21-9-7-13-5-3-4-6-14(13)21/h3-7,9,12H,8,10-11H2,1-2H3,(H,18,20,22). The maximum absolute atomic E-state index is 12.1. The molecule has 0 spiro atoms. The third kappa shape index (κ3) is 3.96. The Morgan fingerprint density at radius 1 is 1.26 bits per heavy atom. The number of carbonyl (C=O) groups excluding carboxylic acids is 1. The lowest BCUT2D eigenvalue weighted by Crippen LogP contribution is -2.14. The van der Waals surface area contributed by atoms with Crippen LogP contribution in [0, 0.1) is 5.92 Å². The number of aryl methyl sites for hydroxylation is 1. The highest BCUT2D eigenvalue weighted by atomic mass is 32.1. The third-order valence-corrected chi connectivity index (χ3v) is 4.42. The molecule has 0 aliphatic heterocycles. The minimum Gasteiger partial charge on any atom is -0.347 e. The minimum absolute atomic E-state index is 0.0324. The molecule has 0 bridgehead atoms. The summed E-state index contributed by atoms with van der Waals surface area (Å²) in [5.41, 5.74) is 1.15. The zero-order chi connectivity index (χ0) is 16.2. The Morgan fingerprint density at radius 3 is 2.91 bits per heavy atom. The van der Waals surface area contributed by atoms with E-state index >= 15 is 0 Å². The molecule has 6 heteroatoms. The second-order valence-corrected chi connectivity index (χ2v) is 7.03. The average molecular weight is 328 g/mol. The first-order valence-electron chi connectivity index (χ1n) is 7.78. The maximum atomic E-state index is 12.1. The first kappa shape index (κ1) is 15.7. The van der Waals surface area contributed by atoms with Crippen molar-refractivity contribution >= 4 is 33.3 Å². The van der Waals surface area contributed by atoms with Crippen LogP contribution >= 0.6 is 11.3 Å². The fourth-order valence-electron chi connectivity index (χ4n) is 2.48. The van der Waals surface area contributed by atoms with Gasteiger partial charge in [-0.25, -0.2) is 0 Å². The van der Waals surface area contributed by atoms with E-state index in [4.69, 9.17) is 0 Å². The molecule has 2 aromatic heterocycles. The predicted octanol–water partition coefficient (Wildman–Crippen LogP) is 3.72. The predicted molar refractivity (Wildman–Crippen MR) is 93.6 cm³/mol. The number of carbonyl (C=O) groups is 1. The number of fused-ring (bicyclic) bond motifs is 1. The number of hydrogen-bond acceptors (Lipinski definition) is 4. The molecule has 0 aliphatic rings. The van der Waals surface area contributed by atoms with Gasteiger partial charge in [0.05, 0.1) is 0 Å². The van der Waals surface area contributed by atoms with Crippen LogP contribution in [-0.4, -0.2) is 20.7 Å². The number of hydrogen-bond donors (Lipinski definition) is 1. The summed E-state index contributed by atoms with van der Waals surface area (Å²) in [5, 5.41) is 13.7. The van der Waals surface area contributed by atoms with Crippen molar-refractivity contribution in [3.63, 3.8) is 0 Å². The fourth-order valence-corrected chi connectivity index (χ4v) is 3.44. The fraction of sp³-hybridized carbons (Fsp3) is 0.353. The molecule has 1 aromatic carbocycles. The van der Waals surface area contributed by atoms with Gasteiger partial charge in [0, 0.05) is 31.1 Å². The first-order chi connectivity index (χ1) is 11.1. The lowest BCUT2D eigenvalue weighted by molar-refractivity contribution is -0.116. The molecule has 3 rings (SSSR count). The van der Waals surface area contributed by atoms with E-state index in [-0.39, 0.29) is 5.91 Å². The van der Waals surface area contributed by atoms with Gasteiger partial charge in [-0.05, 0) is 23.4 Å². The molecule has 0 saturated heterocycles. The molecule has 0 atom stereocenters. The lowest BCUT2D eigenvalue weighted by atomic mass is 10.1. The van der Waals surface area contributed by atoms with Crippen LogP contribution in [0.3, 0.4) is 0 Å². The van der Waals surface area contributed by atoms with Crippen LogP contribution in [0.15, 0.2) is 36.5 Å². The topological polar surface area (TPSA) is 59.8 Å². The van der Waals surface area contributed by atoms with Gasteiger partial charge in [-0.2, -0.15) is 0 Å². The molecule has 0 aliphatic carbocycles. The molecule has 5 nitrogen and oxygen atoms in total. The zero-order valence-electron chi connectivity index (χ0n) is 13.3. The van der Waals surface area contributed by atoms with E-state index in [9.17, 15) is 4.79 Å². The normalized spacial score (nSPS) is 11.3. The third-order valence-electron chi connectivity index (χ3n) is 3.56. The van der Waals surface area contributed by atoms with Crippen LogP contribution in [-0.2, 0) is 17.8 Å². The summed E-state index contributed by atoms with van der Waals surface area (Å²) in [4.78, 5) is 12.1. The quantitative estimate of drug-likeness (QED) is 0.750. The Morgan fingerprint density at radius 2 is 2.09 bits per heavy atom. The smallest absolute Gasteiger partial charge is 0.227 e. The van der Waals surface area contributed by atoms with Gasteiger partial charge in [-0.1, -0.05) is 43.4 Å². The summed E-state index contributed by atoms with van der Waals surface area (Å²) in [7, 11) is 0. The molecule has 0 radical (unpaired) electrons. The van der Waals surface area contributed by atoms with Gasteiger partial charge in [0.2, 0.25) is 11.0 Å². The number of aromatic nitrogens is 3. The average Bonchev–Trinajstić information content (AvgIpc) is 3.11. The van der Waals surface area contributed by atoms with Crippen LogP contribution in [0.4, 0.5) is 5.13 Å². The van der Waals surface area contributed by atoms with Crippen molar-refractivity contribution in [3.8, 4) is 0 Å². The van der Waals surface area contributed by atoms with E-state index in [2.05, 4.69) is 52.1 Å². The van der Waals surface area contributed by atoms with Crippen molar-refractivity contribution in [3.05, 3.63) is 41.5 Å². The Bertz CT molecular complexity index is 806. The number of nitrogens with zero attached hydrogens (tertiary/aromatic N) is 3. The molecule has 1 N–H and O–H groups in total. The number of para-hydroxylation sites is 1. The van der Waals surface area contributed by atoms with Crippen LogP contribution < -0.4 is 5.32 Å². The van der Waals surface area contributed by atoms with E-state index in [1.54, 1.807) is 0 Å². The van der Waals surface area contributed by atoms with Crippen molar-refractivity contribution in [1.29, 1.82) is 0 Å². The van der Waals surface area contributed by atoms with Crippen LogP contribution in [0.5, 0.6) is 0 Å². The van der Waals surface area contributed by atoms with Gasteiger partial charge >= 0.3 is 0 Å².